The van der Waals surface area contributed by atoms with Crippen molar-refractivity contribution in [2.24, 2.45) is 0 Å². The molecule has 8 heteroatoms. The van der Waals surface area contributed by atoms with Crippen molar-refractivity contribution in [2.75, 3.05) is 40.9 Å². The number of anilines is 1. The van der Waals surface area contributed by atoms with Crippen LogP contribution in [0.5, 0.6) is 28.7 Å². The highest BCUT2D eigenvalue weighted by atomic mass is 16.5. The van der Waals surface area contributed by atoms with E-state index < -0.39 is 0 Å². The van der Waals surface area contributed by atoms with Crippen LogP contribution in [0.25, 0.3) is 10.8 Å². The minimum Gasteiger partial charge on any atom is -0.497 e. The average molecular weight is 489 g/mol. The molecule has 36 heavy (non-hydrogen) atoms. The zero-order chi connectivity index (χ0) is 25.7. The molecule has 1 heterocycles. The molecule has 0 aliphatic carbocycles. The van der Waals surface area contributed by atoms with E-state index in [9.17, 15) is 4.79 Å². The molecule has 0 radical (unpaired) electrons. The molecule has 1 N–H and O–H groups in total. The minimum atomic E-state index is -0.278. The predicted octanol–water partition coefficient (Wildman–Crippen LogP) is 5.12. The Morgan fingerprint density at radius 2 is 1.44 bits per heavy atom. The van der Waals surface area contributed by atoms with Gasteiger partial charge in [0.25, 0.3) is 5.91 Å². The van der Waals surface area contributed by atoms with E-state index in [1.165, 1.54) is 0 Å². The molecule has 0 spiro atoms. The number of nitrogens with one attached hydrogen (secondary N) is 1. The minimum absolute atomic E-state index is 0.278. The molecule has 3 aromatic carbocycles. The van der Waals surface area contributed by atoms with Crippen molar-refractivity contribution in [2.45, 2.75) is 6.42 Å². The highest BCUT2D eigenvalue weighted by molar-refractivity contribution is 6.05. The highest BCUT2D eigenvalue weighted by Crippen LogP contribution is 2.37. The van der Waals surface area contributed by atoms with Crippen LogP contribution < -0.4 is 29.0 Å². The van der Waals surface area contributed by atoms with Gasteiger partial charge in [-0.1, -0.05) is 6.07 Å². The fraction of sp³-hybridized carbons (Fsp3) is 0.214. The summed E-state index contributed by atoms with van der Waals surface area (Å²) >= 11 is 0. The molecular formula is C28H28N2O6. The number of hydrogen-bond acceptors (Lipinski definition) is 7. The van der Waals surface area contributed by atoms with E-state index in [4.69, 9.17) is 23.7 Å². The lowest BCUT2D eigenvalue weighted by Crippen LogP contribution is -2.14. The van der Waals surface area contributed by atoms with Gasteiger partial charge in [-0.05, 0) is 53.4 Å². The molecule has 1 aromatic heterocycles. The summed E-state index contributed by atoms with van der Waals surface area (Å²) in [5.74, 6) is 2.61. The Morgan fingerprint density at radius 1 is 0.778 bits per heavy atom. The monoisotopic (exact) mass is 488 g/mol. The van der Waals surface area contributed by atoms with Gasteiger partial charge in [0, 0.05) is 35.3 Å². The lowest BCUT2D eigenvalue weighted by atomic mass is 10.0. The second-order valence-electron chi connectivity index (χ2n) is 7.91. The van der Waals surface area contributed by atoms with Gasteiger partial charge in [-0.2, -0.15) is 0 Å². The molecular weight excluding hydrogens is 460 g/mol. The van der Waals surface area contributed by atoms with E-state index in [1.54, 1.807) is 72.1 Å². The topological polar surface area (TPSA) is 88.1 Å². The van der Waals surface area contributed by atoms with Crippen LogP contribution in [0.3, 0.4) is 0 Å². The van der Waals surface area contributed by atoms with Crippen LogP contribution in [0.2, 0.25) is 0 Å². The summed E-state index contributed by atoms with van der Waals surface area (Å²) in [5.41, 5.74) is 2.66. The quantitative estimate of drug-likeness (QED) is 0.350. The van der Waals surface area contributed by atoms with Crippen LogP contribution >= 0.6 is 0 Å². The van der Waals surface area contributed by atoms with Gasteiger partial charge in [0.2, 0.25) is 0 Å². The fourth-order valence-corrected chi connectivity index (χ4v) is 4.02. The molecule has 0 aliphatic heterocycles. The summed E-state index contributed by atoms with van der Waals surface area (Å²) in [6, 6.07) is 16.3. The highest BCUT2D eigenvalue weighted by Gasteiger charge is 2.17. The number of carbonyl (C=O) groups excluding carboxylic acids is 1. The van der Waals surface area contributed by atoms with Crippen molar-refractivity contribution in [3.63, 3.8) is 0 Å². The molecule has 0 bridgehead atoms. The Morgan fingerprint density at radius 3 is 2.14 bits per heavy atom. The molecule has 0 saturated heterocycles. The molecule has 4 rings (SSSR count). The van der Waals surface area contributed by atoms with Crippen LogP contribution in [0, 0.1) is 0 Å². The van der Waals surface area contributed by atoms with Gasteiger partial charge in [-0.3, -0.25) is 9.78 Å². The Balaban J connectivity index is 1.78. The van der Waals surface area contributed by atoms with Crippen LogP contribution in [-0.4, -0.2) is 46.4 Å². The summed E-state index contributed by atoms with van der Waals surface area (Å²) in [4.78, 5) is 17.8. The molecule has 0 atom stereocenters. The SMILES string of the molecule is COc1cccc(C(=O)Nc2cc(OC)c(OC)cc2Cc2nccc3cc(OC)c(OC)cc23)c1. The molecule has 0 aliphatic rings. The van der Waals surface area contributed by atoms with E-state index in [0.717, 1.165) is 22.0 Å². The van der Waals surface area contributed by atoms with Crippen LogP contribution in [0.1, 0.15) is 21.6 Å². The first-order chi connectivity index (χ1) is 17.5. The summed E-state index contributed by atoms with van der Waals surface area (Å²) in [6.07, 6.45) is 2.17. The van der Waals surface area contributed by atoms with Crippen molar-refractivity contribution in [1.82, 2.24) is 4.98 Å². The fourth-order valence-electron chi connectivity index (χ4n) is 4.02. The van der Waals surface area contributed by atoms with Gasteiger partial charge < -0.3 is 29.0 Å². The Kier molecular flexibility index (Phi) is 7.44. The number of amides is 1. The number of nitrogens with zero attached hydrogens (tertiary/aromatic N) is 1. The maximum absolute atomic E-state index is 13.1. The second-order valence-corrected chi connectivity index (χ2v) is 7.91. The number of fused-ring (bicyclic) bond motifs is 1. The molecule has 4 aromatic rings. The summed E-state index contributed by atoms with van der Waals surface area (Å²) in [5, 5.41) is 4.88. The normalized spacial score (nSPS) is 10.6. The largest absolute Gasteiger partial charge is 0.497 e. The average Bonchev–Trinajstić information content (AvgIpc) is 2.92. The Hall–Kier alpha value is -4.46. The molecule has 186 valence electrons. The Bertz CT molecular complexity index is 1400. The van der Waals surface area contributed by atoms with E-state index in [2.05, 4.69) is 10.3 Å². The number of carbonyl (C=O) groups is 1. The number of ether oxygens (including phenoxy) is 5. The van der Waals surface area contributed by atoms with Crippen molar-refractivity contribution in [3.8, 4) is 28.7 Å². The van der Waals surface area contributed by atoms with E-state index in [0.29, 0.717) is 46.4 Å². The van der Waals surface area contributed by atoms with Gasteiger partial charge in [-0.15, -0.1) is 0 Å². The second kappa shape index (κ2) is 10.9. The Labute approximate surface area is 209 Å². The summed E-state index contributed by atoms with van der Waals surface area (Å²) in [6.45, 7) is 0. The number of aromatic nitrogens is 1. The first kappa shape index (κ1) is 24.7. The summed E-state index contributed by atoms with van der Waals surface area (Å²) < 4.78 is 27.2. The number of methoxy groups -OCH3 is 5. The lowest BCUT2D eigenvalue weighted by molar-refractivity contribution is 0.102. The molecule has 0 saturated carbocycles. The smallest absolute Gasteiger partial charge is 0.255 e. The first-order valence-electron chi connectivity index (χ1n) is 11.2. The van der Waals surface area contributed by atoms with Crippen LogP contribution in [-0.2, 0) is 6.42 Å². The van der Waals surface area contributed by atoms with Crippen LogP contribution in [0.4, 0.5) is 5.69 Å². The third kappa shape index (κ3) is 4.98. The molecule has 8 nitrogen and oxygen atoms in total. The van der Waals surface area contributed by atoms with E-state index >= 15 is 0 Å². The van der Waals surface area contributed by atoms with Gasteiger partial charge in [0.1, 0.15) is 5.75 Å². The molecule has 1 amide bonds. The van der Waals surface area contributed by atoms with Crippen molar-refractivity contribution < 1.29 is 28.5 Å². The maximum Gasteiger partial charge on any atom is 0.255 e. The van der Waals surface area contributed by atoms with Crippen molar-refractivity contribution in [3.05, 3.63) is 77.6 Å². The maximum atomic E-state index is 13.1. The van der Waals surface area contributed by atoms with E-state index in [1.807, 2.05) is 24.3 Å². The third-order valence-corrected chi connectivity index (χ3v) is 5.90. The summed E-state index contributed by atoms with van der Waals surface area (Å²) in [7, 11) is 7.89. The number of benzene rings is 3. The first-order valence-corrected chi connectivity index (χ1v) is 11.2. The zero-order valence-electron chi connectivity index (χ0n) is 20.9. The number of hydrogen-bond donors (Lipinski definition) is 1. The van der Waals surface area contributed by atoms with Crippen LogP contribution in [0.15, 0.2) is 60.8 Å². The zero-order valence-corrected chi connectivity index (χ0v) is 20.9. The number of rotatable bonds is 9. The van der Waals surface area contributed by atoms with Gasteiger partial charge in [-0.25, -0.2) is 0 Å². The van der Waals surface area contributed by atoms with Gasteiger partial charge in [0.15, 0.2) is 23.0 Å². The van der Waals surface area contributed by atoms with Crippen molar-refractivity contribution in [1.29, 1.82) is 0 Å². The molecule has 0 unspecified atom stereocenters. The third-order valence-electron chi connectivity index (χ3n) is 5.90. The van der Waals surface area contributed by atoms with Gasteiger partial charge in [0.05, 0.1) is 41.2 Å². The van der Waals surface area contributed by atoms with E-state index in [-0.39, 0.29) is 5.91 Å². The van der Waals surface area contributed by atoms with Gasteiger partial charge >= 0.3 is 0 Å². The predicted molar refractivity (Wildman–Crippen MR) is 138 cm³/mol. The molecule has 0 fully saturated rings. The standard InChI is InChI=1S/C28H28N2O6/c1-32-20-8-6-7-18(11-20)28(31)30-22-16-27(36-5)25(34-3)14-19(22)12-23-21-15-26(35-4)24(33-2)13-17(21)9-10-29-23/h6-11,13-16H,12H2,1-5H3,(H,30,31). The van der Waals surface area contributed by atoms with Crippen molar-refractivity contribution >= 4 is 22.4 Å². The number of pyridine rings is 1. The lowest BCUT2D eigenvalue weighted by Gasteiger charge is -2.17.